The molecule has 0 N–H and O–H groups in total. The minimum absolute atomic E-state index is 0.0408. The highest BCUT2D eigenvalue weighted by atomic mass is 16.5. The molecule has 0 radical (unpaired) electrons. The summed E-state index contributed by atoms with van der Waals surface area (Å²) in [4.78, 5) is 27.5. The molecule has 188 valence electrons. The first kappa shape index (κ1) is 25.6. The molecule has 37 heavy (non-hydrogen) atoms. The van der Waals surface area contributed by atoms with Crippen molar-refractivity contribution in [3.05, 3.63) is 82.6 Å². The number of ether oxygens (including phenoxy) is 2. The molecule has 0 spiro atoms. The lowest BCUT2D eigenvalue weighted by Gasteiger charge is -2.27. The van der Waals surface area contributed by atoms with Gasteiger partial charge < -0.3 is 9.47 Å². The van der Waals surface area contributed by atoms with E-state index in [1.54, 1.807) is 31.9 Å². The number of carbonyl (C=O) groups excluding carboxylic acids is 2. The van der Waals surface area contributed by atoms with Crippen LogP contribution in [0, 0.1) is 18.3 Å². The minimum Gasteiger partial charge on any atom is -0.497 e. The van der Waals surface area contributed by atoms with Crippen molar-refractivity contribution < 1.29 is 19.1 Å². The zero-order chi connectivity index (χ0) is 26.5. The Morgan fingerprint density at radius 1 is 1.05 bits per heavy atom. The Morgan fingerprint density at radius 2 is 1.81 bits per heavy atom. The van der Waals surface area contributed by atoms with Crippen molar-refractivity contribution in [2.24, 2.45) is 0 Å². The lowest BCUT2D eigenvalue weighted by molar-refractivity contribution is -0.140. The lowest BCUT2D eigenvalue weighted by Crippen LogP contribution is -2.43. The minimum atomic E-state index is -0.579. The van der Waals surface area contributed by atoms with E-state index in [1.165, 1.54) is 0 Å². The fraction of sp³-hybridized carbons (Fsp3) is 0.241. The second-order valence-corrected chi connectivity index (χ2v) is 8.67. The molecule has 0 bridgehead atoms. The summed E-state index contributed by atoms with van der Waals surface area (Å²) in [6.45, 7) is 4.16. The van der Waals surface area contributed by atoms with E-state index >= 15 is 0 Å². The van der Waals surface area contributed by atoms with Gasteiger partial charge in [0.2, 0.25) is 0 Å². The smallest absolute Gasteiger partial charge is 0.271 e. The van der Waals surface area contributed by atoms with E-state index < -0.39 is 11.8 Å². The molecule has 0 unspecified atom stereocenters. The first-order valence-corrected chi connectivity index (χ1v) is 11.9. The first-order valence-electron chi connectivity index (χ1n) is 11.9. The molecule has 0 saturated carbocycles. The number of amides is 2. The van der Waals surface area contributed by atoms with Crippen LogP contribution in [0.1, 0.15) is 24.5 Å². The molecule has 1 aliphatic rings. The summed E-state index contributed by atoms with van der Waals surface area (Å²) in [5, 5.41) is 14.6. The van der Waals surface area contributed by atoms with Crippen molar-refractivity contribution in [3.63, 3.8) is 0 Å². The fourth-order valence-electron chi connectivity index (χ4n) is 4.30. The molecule has 0 fully saturated rings. The molecule has 1 aliphatic heterocycles. The van der Waals surface area contributed by atoms with Crippen molar-refractivity contribution in [2.45, 2.75) is 20.3 Å². The van der Waals surface area contributed by atoms with Crippen LogP contribution in [-0.2, 0) is 14.3 Å². The Hall–Kier alpha value is -4.48. The molecule has 1 aromatic heterocycles. The van der Waals surface area contributed by atoms with Crippen LogP contribution in [-0.4, -0.2) is 53.9 Å². The number of aryl methyl sites for hydroxylation is 1. The third-order valence-electron chi connectivity index (χ3n) is 6.31. The van der Waals surface area contributed by atoms with Crippen LogP contribution in [0.15, 0.2) is 71.4 Å². The lowest BCUT2D eigenvalue weighted by atomic mass is 9.92. The summed E-state index contributed by atoms with van der Waals surface area (Å²) < 4.78 is 12.2. The molecular weight excluding hydrogens is 468 g/mol. The summed E-state index contributed by atoms with van der Waals surface area (Å²) in [7, 11) is 3.17. The second kappa shape index (κ2) is 11.1. The maximum Gasteiger partial charge on any atom is 0.271 e. The number of hydrogen-bond donors (Lipinski definition) is 0. The van der Waals surface area contributed by atoms with Crippen LogP contribution < -0.4 is 4.74 Å². The van der Waals surface area contributed by atoms with E-state index in [-0.39, 0.29) is 17.7 Å². The van der Waals surface area contributed by atoms with Crippen LogP contribution in [0.3, 0.4) is 0 Å². The van der Waals surface area contributed by atoms with Gasteiger partial charge in [0, 0.05) is 43.2 Å². The monoisotopic (exact) mass is 496 g/mol. The molecule has 4 rings (SSSR count). The molecule has 8 nitrogen and oxygen atoms in total. The van der Waals surface area contributed by atoms with E-state index in [0.717, 1.165) is 27.5 Å². The zero-order valence-corrected chi connectivity index (χ0v) is 21.3. The quantitative estimate of drug-likeness (QED) is 0.259. The van der Waals surface area contributed by atoms with Gasteiger partial charge in [0.25, 0.3) is 11.8 Å². The predicted molar refractivity (Wildman–Crippen MR) is 140 cm³/mol. The van der Waals surface area contributed by atoms with E-state index in [4.69, 9.17) is 14.6 Å². The number of methoxy groups -OCH3 is 2. The number of imide groups is 1. The van der Waals surface area contributed by atoms with E-state index in [9.17, 15) is 14.9 Å². The molecule has 0 atom stereocenters. The number of aromatic nitrogens is 2. The van der Waals surface area contributed by atoms with Gasteiger partial charge in [0.1, 0.15) is 23.1 Å². The maximum absolute atomic E-state index is 13.5. The predicted octanol–water partition coefficient (Wildman–Crippen LogP) is 4.49. The largest absolute Gasteiger partial charge is 0.497 e. The summed E-state index contributed by atoms with van der Waals surface area (Å²) in [5.41, 5.74) is 4.63. The third-order valence-corrected chi connectivity index (χ3v) is 6.31. The number of hydrogen-bond acceptors (Lipinski definition) is 6. The molecular formula is C29H28N4O4. The van der Waals surface area contributed by atoms with E-state index in [2.05, 4.69) is 0 Å². The summed E-state index contributed by atoms with van der Waals surface area (Å²) in [6, 6.07) is 17.4. The Morgan fingerprint density at radius 3 is 2.46 bits per heavy atom. The van der Waals surface area contributed by atoms with Crippen LogP contribution >= 0.6 is 0 Å². The number of nitrogens with zero attached hydrogens (tertiary/aromatic N) is 4. The van der Waals surface area contributed by atoms with E-state index in [0.29, 0.717) is 29.9 Å². The van der Waals surface area contributed by atoms with Gasteiger partial charge in [-0.05, 0) is 67.8 Å². The van der Waals surface area contributed by atoms with Crippen molar-refractivity contribution in [1.29, 1.82) is 5.26 Å². The van der Waals surface area contributed by atoms with E-state index in [1.807, 2.05) is 67.7 Å². The summed E-state index contributed by atoms with van der Waals surface area (Å²) >= 11 is 0. The van der Waals surface area contributed by atoms with Crippen LogP contribution in [0.4, 0.5) is 0 Å². The highest BCUT2D eigenvalue weighted by Crippen LogP contribution is 2.33. The molecule has 8 heteroatoms. The van der Waals surface area contributed by atoms with Crippen molar-refractivity contribution in [1.82, 2.24) is 14.7 Å². The Bertz CT molecular complexity index is 1440. The average molecular weight is 497 g/mol. The highest BCUT2D eigenvalue weighted by Gasteiger charge is 2.35. The SMILES string of the molecule is COCCCN1C(=O)C(C#N)=C(C)/C(=C\c2cn(-c3ccccc3)nc2-c2ccc(OC)cc2C)C1=O. The number of para-hydroxylation sites is 1. The van der Waals surface area contributed by atoms with Gasteiger partial charge in [-0.1, -0.05) is 18.2 Å². The number of benzene rings is 2. The highest BCUT2D eigenvalue weighted by molar-refractivity contribution is 6.19. The summed E-state index contributed by atoms with van der Waals surface area (Å²) in [5.74, 6) is -0.291. The van der Waals surface area contributed by atoms with Gasteiger partial charge in [-0.2, -0.15) is 10.4 Å². The third kappa shape index (κ3) is 5.08. The first-order chi connectivity index (χ1) is 17.9. The standard InChI is InChI=1S/C29H28N4O4/c1-19-15-23(37-4)11-12-24(19)27-21(18-33(31-27)22-9-6-5-7-10-22)16-25-20(2)26(17-30)29(35)32(28(25)34)13-8-14-36-3/h5-7,9-12,15-16,18H,8,13-14H2,1-4H3/b25-16+. The number of carbonyl (C=O) groups is 2. The van der Waals surface area contributed by atoms with Crippen LogP contribution in [0.5, 0.6) is 5.75 Å². The van der Waals surface area contributed by atoms with Gasteiger partial charge in [-0.25, -0.2) is 4.68 Å². The van der Waals surface area contributed by atoms with Crippen LogP contribution in [0.2, 0.25) is 0 Å². The van der Waals surface area contributed by atoms with Gasteiger partial charge in [0.15, 0.2) is 0 Å². The summed E-state index contributed by atoms with van der Waals surface area (Å²) in [6.07, 6.45) is 4.04. The molecule has 3 aromatic rings. The van der Waals surface area contributed by atoms with Crippen molar-refractivity contribution in [3.8, 4) is 28.8 Å². The molecule has 0 aliphatic carbocycles. The Kier molecular flexibility index (Phi) is 7.66. The zero-order valence-electron chi connectivity index (χ0n) is 21.3. The van der Waals surface area contributed by atoms with Gasteiger partial charge in [0.05, 0.1) is 12.8 Å². The number of nitriles is 1. The Balaban J connectivity index is 1.89. The molecule has 2 aromatic carbocycles. The molecule has 2 amide bonds. The van der Waals surface area contributed by atoms with Gasteiger partial charge >= 0.3 is 0 Å². The van der Waals surface area contributed by atoms with Crippen molar-refractivity contribution >= 4 is 17.9 Å². The average Bonchev–Trinajstić information content (AvgIpc) is 3.33. The molecule has 2 heterocycles. The maximum atomic E-state index is 13.5. The van der Waals surface area contributed by atoms with Gasteiger partial charge in [-0.3, -0.25) is 14.5 Å². The Labute approximate surface area is 216 Å². The fourth-order valence-corrected chi connectivity index (χ4v) is 4.30. The van der Waals surface area contributed by atoms with Gasteiger partial charge in [-0.15, -0.1) is 0 Å². The normalized spacial score (nSPS) is 14.9. The second-order valence-electron chi connectivity index (χ2n) is 8.67. The number of rotatable bonds is 8. The molecule has 0 saturated heterocycles. The van der Waals surface area contributed by atoms with Crippen molar-refractivity contribution in [2.75, 3.05) is 27.4 Å². The topological polar surface area (TPSA) is 97.5 Å². The van der Waals surface area contributed by atoms with Crippen LogP contribution in [0.25, 0.3) is 23.0 Å².